The number of guanidine groups is 1. The van der Waals surface area contributed by atoms with Crippen molar-refractivity contribution in [3.63, 3.8) is 0 Å². The Morgan fingerprint density at radius 2 is 2.04 bits per heavy atom. The summed E-state index contributed by atoms with van der Waals surface area (Å²) in [5.74, 6) is 0.740. The van der Waals surface area contributed by atoms with Gasteiger partial charge in [0.25, 0.3) is 0 Å². The highest BCUT2D eigenvalue weighted by Crippen LogP contribution is 2.12. The molecule has 0 aromatic carbocycles. The van der Waals surface area contributed by atoms with Crippen LogP contribution in [-0.2, 0) is 24.4 Å². The molecule has 0 unspecified atom stereocenters. The van der Waals surface area contributed by atoms with Crippen LogP contribution in [0.15, 0.2) is 29.4 Å². The third-order valence-electron chi connectivity index (χ3n) is 3.86. The number of aliphatic imine (C=N–C) groups is 1. The first kappa shape index (κ1) is 17.9. The number of nitrogens with zero attached hydrogens (tertiary/aromatic N) is 4. The molecule has 2 heterocycles. The number of aryl methyl sites for hydroxylation is 1. The van der Waals surface area contributed by atoms with Gasteiger partial charge in [-0.3, -0.25) is 14.7 Å². The number of hydrogen-bond donors (Lipinski definition) is 2. The van der Waals surface area contributed by atoms with Crippen molar-refractivity contribution in [3.05, 3.63) is 47.0 Å². The van der Waals surface area contributed by atoms with Crippen LogP contribution in [0.25, 0.3) is 0 Å². The van der Waals surface area contributed by atoms with Gasteiger partial charge in [-0.2, -0.15) is 5.10 Å². The molecule has 0 spiro atoms. The fourth-order valence-electron chi connectivity index (χ4n) is 2.46. The zero-order chi connectivity index (χ0) is 17.4. The zero-order valence-electron chi connectivity index (χ0n) is 14.8. The van der Waals surface area contributed by atoms with E-state index in [4.69, 9.17) is 4.74 Å². The molecule has 2 rings (SSSR count). The van der Waals surface area contributed by atoms with Gasteiger partial charge in [-0.1, -0.05) is 6.07 Å². The van der Waals surface area contributed by atoms with Gasteiger partial charge in [-0.15, -0.1) is 0 Å². The smallest absolute Gasteiger partial charge is 0.191 e. The molecule has 0 bridgehead atoms. The summed E-state index contributed by atoms with van der Waals surface area (Å²) in [5, 5.41) is 11.2. The van der Waals surface area contributed by atoms with Crippen molar-refractivity contribution in [1.29, 1.82) is 0 Å². The first-order valence-electron chi connectivity index (χ1n) is 8.02. The van der Waals surface area contributed by atoms with Crippen molar-refractivity contribution in [2.75, 3.05) is 20.8 Å². The highest BCUT2D eigenvalue weighted by molar-refractivity contribution is 5.79. The molecule has 7 nitrogen and oxygen atoms in total. The summed E-state index contributed by atoms with van der Waals surface area (Å²) in [6.07, 6.45) is 1.79. The van der Waals surface area contributed by atoms with Crippen LogP contribution in [0.4, 0.5) is 0 Å². The van der Waals surface area contributed by atoms with Crippen molar-refractivity contribution < 1.29 is 4.74 Å². The van der Waals surface area contributed by atoms with Gasteiger partial charge >= 0.3 is 0 Å². The maximum absolute atomic E-state index is 5.13. The Labute approximate surface area is 143 Å². The summed E-state index contributed by atoms with van der Waals surface area (Å²) in [7, 11) is 3.46. The van der Waals surface area contributed by atoms with Crippen LogP contribution in [-0.4, -0.2) is 41.5 Å². The van der Waals surface area contributed by atoms with Crippen LogP contribution in [0.5, 0.6) is 0 Å². The fraction of sp³-hybridized carbons (Fsp3) is 0.471. The quantitative estimate of drug-likeness (QED) is 0.593. The van der Waals surface area contributed by atoms with E-state index in [1.54, 1.807) is 20.4 Å². The summed E-state index contributed by atoms with van der Waals surface area (Å²) in [6, 6.07) is 5.86. The Kier molecular flexibility index (Phi) is 6.74. The lowest BCUT2D eigenvalue weighted by Crippen LogP contribution is -2.36. The monoisotopic (exact) mass is 330 g/mol. The van der Waals surface area contributed by atoms with Gasteiger partial charge in [0.05, 0.1) is 31.1 Å². The standard InChI is InChI=1S/C17H26N6O/c1-13-16(14(2)23(22-13)9-10-24-4)12-21-17(18-3)20-11-15-7-5-6-8-19-15/h5-8H,9-12H2,1-4H3,(H2,18,20,21). The molecular weight excluding hydrogens is 304 g/mol. The number of ether oxygens (including phenoxy) is 1. The molecule has 0 fully saturated rings. The van der Waals surface area contributed by atoms with Crippen LogP contribution in [0.1, 0.15) is 22.6 Å². The Morgan fingerprint density at radius 1 is 1.25 bits per heavy atom. The molecule has 0 radical (unpaired) electrons. The zero-order valence-corrected chi connectivity index (χ0v) is 14.8. The second-order valence-corrected chi connectivity index (χ2v) is 5.47. The Hall–Kier alpha value is -2.41. The highest BCUT2D eigenvalue weighted by Gasteiger charge is 2.11. The number of nitrogens with one attached hydrogen (secondary N) is 2. The van der Waals surface area contributed by atoms with E-state index >= 15 is 0 Å². The van der Waals surface area contributed by atoms with Crippen LogP contribution >= 0.6 is 0 Å². The number of pyridine rings is 1. The van der Waals surface area contributed by atoms with Crippen LogP contribution < -0.4 is 10.6 Å². The maximum atomic E-state index is 5.13. The lowest BCUT2D eigenvalue weighted by molar-refractivity contribution is 0.182. The van der Waals surface area contributed by atoms with Gasteiger partial charge in [0.15, 0.2) is 5.96 Å². The number of hydrogen-bond acceptors (Lipinski definition) is 4. The molecule has 0 saturated carbocycles. The lowest BCUT2D eigenvalue weighted by Gasteiger charge is -2.12. The minimum absolute atomic E-state index is 0.631. The van der Waals surface area contributed by atoms with Crippen molar-refractivity contribution in [2.45, 2.75) is 33.5 Å². The van der Waals surface area contributed by atoms with E-state index in [1.165, 1.54) is 5.56 Å². The molecule has 2 aromatic heterocycles. The summed E-state index contributed by atoms with van der Waals surface area (Å²) >= 11 is 0. The van der Waals surface area contributed by atoms with E-state index in [0.29, 0.717) is 19.7 Å². The second kappa shape index (κ2) is 9.02. The molecule has 0 atom stereocenters. The molecule has 24 heavy (non-hydrogen) atoms. The first-order valence-corrected chi connectivity index (χ1v) is 8.02. The normalized spacial score (nSPS) is 11.6. The molecule has 0 aliphatic carbocycles. The summed E-state index contributed by atoms with van der Waals surface area (Å²) in [6.45, 7) is 6.82. The van der Waals surface area contributed by atoms with Gasteiger partial charge in [0.2, 0.25) is 0 Å². The van der Waals surface area contributed by atoms with Crippen molar-refractivity contribution in [2.24, 2.45) is 4.99 Å². The van der Waals surface area contributed by atoms with E-state index in [-0.39, 0.29) is 0 Å². The van der Waals surface area contributed by atoms with Gasteiger partial charge < -0.3 is 15.4 Å². The van der Waals surface area contributed by atoms with E-state index in [1.807, 2.05) is 29.8 Å². The van der Waals surface area contributed by atoms with Crippen LogP contribution in [0.2, 0.25) is 0 Å². The van der Waals surface area contributed by atoms with Crippen molar-refractivity contribution >= 4 is 5.96 Å². The summed E-state index contributed by atoms with van der Waals surface area (Å²) in [5.41, 5.74) is 4.33. The Balaban J connectivity index is 1.92. The molecule has 7 heteroatoms. The van der Waals surface area contributed by atoms with Crippen molar-refractivity contribution in [1.82, 2.24) is 25.4 Å². The van der Waals surface area contributed by atoms with Crippen LogP contribution in [0.3, 0.4) is 0 Å². The minimum atomic E-state index is 0.631. The average molecular weight is 330 g/mol. The molecular formula is C17H26N6O. The molecule has 2 aromatic rings. The highest BCUT2D eigenvalue weighted by atomic mass is 16.5. The molecule has 0 aliphatic heterocycles. The second-order valence-electron chi connectivity index (χ2n) is 5.47. The topological polar surface area (TPSA) is 76.4 Å². The number of rotatable bonds is 7. The van der Waals surface area contributed by atoms with E-state index in [2.05, 4.69) is 32.6 Å². The Bertz CT molecular complexity index is 665. The Morgan fingerprint density at radius 3 is 2.71 bits per heavy atom. The third-order valence-corrected chi connectivity index (χ3v) is 3.86. The predicted molar refractivity (Wildman–Crippen MR) is 94.9 cm³/mol. The largest absolute Gasteiger partial charge is 0.383 e. The molecule has 130 valence electrons. The SMILES string of the molecule is CN=C(NCc1ccccn1)NCc1c(C)nn(CCOC)c1C. The number of methoxy groups -OCH3 is 1. The van der Waals surface area contributed by atoms with Gasteiger partial charge in [0, 0.05) is 38.2 Å². The van der Waals surface area contributed by atoms with E-state index < -0.39 is 0 Å². The van der Waals surface area contributed by atoms with Crippen molar-refractivity contribution in [3.8, 4) is 0 Å². The molecule has 0 saturated heterocycles. The molecule has 0 aliphatic rings. The molecule has 0 amide bonds. The van der Waals surface area contributed by atoms with E-state index in [9.17, 15) is 0 Å². The number of aromatic nitrogens is 3. The minimum Gasteiger partial charge on any atom is -0.383 e. The maximum Gasteiger partial charge on any atom is 0.191 e. The molecule has 2 N–H and O–H groups in total. The lowest BCUT2D eigenvalue weighted by atomic mass is 10.2. The summed E-state index contributed by atoms with van der Waals surface area (Å²) < 4.78 is 7.11. The third kappa shape index (κ3) is 4.79. The van der Waals surface area contributed by atoms with E-state index in [0.717, 1.165) is 29.6 Å². The summed E-state index contributed by atoms with van der Waals surface area (Å²) in [4.78, 5) is 8.55. The first-order chi connectivity index (χ1) is 11.7. The predicted octanol–water partition coefficient (Wildman–Crippen LogP) is 1.41. The van der Waals surface area contributed by atoms with Crippen LogP contribution in [0, 0.1) is 13.8 Å². The fourth-order valence-corrected chi connectivity index (χ4v) is 2.46. The average Bonchev–Trinajstić information content (AvgIpc) is 2.88. The van der Waals surface area contributed by atoms with Gasteiger partial charge in [-0.05, 0) is 26.0 Å². The van der Waals surface area contributed by atoms with Gasteiger partial charge in [-0.25, -0.2) is 0 Å². The van der Waals surface area contributed by atoms with Gasteiger partial charge in [0.1, 0.15) is 0 Å².